The van der Waals surface area contributed by atoms with E-state index in [4.69, 9.17) is 9.15 Å². The predicted molar refractivity (Wildman–Crippen MR) is 123 cm³/mol. The molecule has 0 aliphatic rings. The number of ether oxygens (including phenoxy) is 1. The summed E-state index contributed by atoms with van der Waals surface area (Å²) in [4.78, 5) is 25.8. The Morgan fingerprint density at radius 2 is 1.90 bits per heavy atom. The molecule has 3 rings (SSSR count). The number of allylic oxidation sites excluding steroid dienone is 2. The number of carbonyl (C=O) groups is 1. The molecule has 0 aliphatic heterocycles. The zero-order valence-corrected chi connectivity index (χ0v) is 18.6. The van der Waals surface area contributed by atoms with Crippen LogP contribution in [-0.2, 0) is 6.42 Å². The van der Waals surface area contributed by atoms with Gasteiger partial charge in [0.15, 0.2) is 11.4 Å². The number of Topliss-reactive ketones (excluding diaryl/α,β-unsaturated/α-hetero) is 1. The van der Waals surface area contributed by atoms with E-state index < -0.39 is 5.63 Å². The molecule has 162 valence electrons. The van der Waals surface area contributed by atoms with E-state index in [1.165, 1.54) is 13.2 Å². The van der Waals surface area contributed by atoms with Gasteiger partial charge in [-0.2, -0.15) is 0 Å². The van der Waals surface area contributed by atoms with Crippen molar-refractivity contribution in [3.63, 3.8) is 0 Å². The highest BCUT2D eigenvalue weighted by molar-refractivity contribution is 6.14. The number of carbonyl (C=O) groups excluding carboxylic acids is 1. The summed E-state index contributed by atoms with van der Waals surface area (Å²) in [5.74, 6) is -0.405. The fraction of sp³-hybridized carbons (Fsp3) is 0.308. The van der Waals surface area contributed by atoms with Crippen LogP contribution in [0.25, 0.3) is 22.1 Å². The zero-order valence-electron chi connectivity index (χ0n) is 18.6. The number of fused-ring (bicyclic) bond motifs is 1. The third-order valence-electron chi connectivity index (χ3n) is 5.52. The lowest BCUT2D eigenvalue weighted by atomic mass is 9.89. The van der Waals surface area contributed by atoms with Crippen molar-refractivity contribution in [2.75, 3.05) is 7.11 Å². The molecule has 1 aromatic heterocycles. The quantitative estimate of drug-likeness (QED) is 0.292. The van der Waals surface area contributed by atoms with E-state index >= 15 is 0 Å². The highest BCUT2D eigenvalue weighted by Gasteiger charge is 2.29. The minimum absolute atomic E-state index is 0.0391. The third kappa shape index (κ3) is 4.26. The number of rotatable bonds is 7. The average molecular weight is 421 g/mol. The topological polar surface area (TPSA) is 76.7 Å². The van der Waals surface area contributed by atoms with Gasteiger partial charge in [-0.05, 0) is 32.3 Å². The van der Waals surface area contributed by atoms with E-state index in [0.29, 0.717) is 35.1 Å². The first-order valence-corrected chi connectivity index (χ1v) is 10.4. The van der Waals surface area contributed by atoms with Crippen LogP contribution < -0.4 is 10.4 Å². The number of benzene rings is 2. The molecule has 0 spiro atoms. The van der Waals surface area contributed by atoms with Crippen LogP contribution in [0.3, 0.4) is 0 Å². The molecule has 1 N–H and O–H groups in total. The van der Waals surface area contributed by atoms with Crippen molar-refractivity contribution in [3.05, 3.63) is 69.6 Å². The van der Waals surface area contributed by atoms with Gasteiger partial charge < -0.3 is 14.3 Å². The first-order chi connectivity index (χ1) is 14.8. The van der Waals surface area contributed by atoms with E-state index in [1.807, 2.05) is 57.2 Å². The molecule has 0 aliphatic carbocycles. The molecular weight excluding hydrogens is 392 g/mol. The van der Waals surface area contributed by atoms with Gasteiger partial charge in [-0.25, -0.2) is 4.79 Å². The third-order valence-corrected chi connectivity index (χ3v) is 5.52. The van der Waals surface area contributed by atoms with Crippen LogP contribution in [0.1, 0.15) is 50.0 Å². The Morgan fingerprint density at radius 1 is 1.23 bits per heavy atom. The van der Waals surface area contributed by atoms with Crippen molar-refractivity contribution in [3.8, 4) is 22.6 Å². The Kier molecular flexibility index (Phi) is 6.64. The van der Waals surface area contributed by atoms with Crippen LogP contribution in [0, 0.1) is 5.92 Å². The highest BCUT2D eigenvalue weighted by Crippen LogP contribution is 2.45. The highest BCUT2D eigenvalue weighted by atomic mass is 16.5. The smallest absolute Gasteiger partial charge is 0.336 e. The molecule has 5 nitrogen and oxygen atoms in total. The van der Waals surface area contributed by atoms with Gasteiger partial charge in [0, 0.05) is 23.1 Å². The van der Waals surface area contributed by atoms with Gasteiger partial charge in [0.25, 0.3) is 0 Å². The molecule has 0 bridgehead atoms. The summed E-state index contributed by atoms with van der Waals surface area (Å²) in [6, 6.07) is 10.8. The lowest BCUT2D eigenvalue weighted by Gasteiger charge is -2.19. The molecule has 0 amide bonds. The number of methoxy groups -OCH3 is 1. The second-order valence-electron chi connectivity index (χ2n) is 7.94. The Labute approximate surface area is 182 Å². The molecule has 5 heteroatoms. The number of phenols is 1. The predicted octanol–water partition coefficient (Wildman–Crippen LogP) is 5.91. The maximum absolute atomic E-state index is 13.3. The molecule has 1 unspecified atom stereocenters. The number of aromatic hydroxyl groups is 1. The molecule has 0 saturated carbocycles. The Morgan fingerprint density at radius 3 is 2.48 bits per heavy atom. The largest absolute Gasteiger partial charge is 0.507 e. The molecule has 3 aromatic rings. The second-order valence-corrected chi connectivity index (χ2v) is 7.94. The molecule has 0 saturated heterocycles. The summed E-state index contributed by atoms with van der Waals surface area (Å²) < 4.78 is 11.3. The van der Waals surface area contributed by atoms with Crippen LogP contribution in [0.4, 0.5) is 0 Å². The Balaban J connectivity index is 2.54. The van der Waals surface area contributed by atoms with Gasteiger partial charge in [0.1, 0.15) is 17.1 Å². The van der Waals surface area contributed by atoms with E-state index in [9.17, 15) is 14.7 Å². The second kappa shape index (κ2) is 9.21. The zero-order chi connectivity index (χ0) is 22.7. The van der Waals surface area contributed by atoms with Gasteiger partial charge in [0.05, 0.1) is 12.5 Å². The molecule has 2 aromatic carbocycles. The monoisotopic (exact) mass is 420 g/mol. The fourth-order valence-electron chi connectivity index (χ4n) is 3.64. The molecule has 0 radical (unpaired) electrons. The average Bonchev–Trinajstić information content (AvgIpc) is 2.76. The van der Waals surface area contributed by atoms with Gasteiger partial charge in [0.2, 0.25) is 0 Å². The van der Waals surface area contributed by atoms with E-state index in [1.54, 1.807) is 6.92 Å². The fourth-order valence-corrected chi connectivity index (χ4v) is 3.64. The van der Waals surface area contributed by atoms with Gasteiger partial charge in [-0.15, -0.1) is 0 Å². The minimum atomic E-state index is -0.594. The van der Waals surface area contributed by atoms with Gasteiger partial charge in [-0.1, -0.05) is 55.8 Å². The van der Waals surface area contributed by atoms with Crippen molar-refractivity contribution in [1.29, 1.82) is 0 Å². The van der Waals surface area contributed by atoms with Gasteiger partial charge in [-0.3, -0.25) is 4.79 Å². The summed E-state index contributed by atoms with van der Waals surface area (Å²) >= 11 is 0. The maximum Gasteiger partial charge on any atom is 0.336 e. The lowest BCUT2D eigenvalue weighted by molar-refractivity contribution is 0.0925. The Bertz CT molecular complexity index is 1200. The number of phenolic OH excluding ortho intramolecular Hbond substituents is 1. The molecule has 0 fully saturated rings. The Hall–Kier alpha value is -3.34. The molecular formula is C26H28O5. The molecule has 31 heavy (non-hydrogen) atoms. The molecule has 1 atom stereocenters. The summed E-state index contributed by atoms with van der Waals surface area (Å²) in [5, 5.41) is 11.7. The van der Waals surface area contributed by atoms with Crippen LogP contribution in [-0.4, -0.2) is 18.0 Å². The molecule has 1 heterocycles. The maximum atomic E-state index is 13.3. The van der Waals surface area contributed by atoms with Crippen molar-refractivity contribution >= 4 is 16.8 Å². The standard InChI is InChI=1S/C26H28O5/c1-6-16(4)23(28)22-24(29)18(13-12-15(2)3)25(30-5)21-19(14-20(27)31-26(21)22)17-10-8-7-9-11-17/h7-12,14,16,29H,6,13H2,1-5H3. The van der Waals surface area contributed by atoms with E-state index in [2.05, 4.69) is 0 Å². The SMILES string of the molecule is CCC(C)C(=O)c1c(O)c(CC=C(C)C)c(OC)c2c(-c3ccccc3)cc(=O)oc12. The van der Waals surface area contributed by atoms with Crippen LogP contribution in [0.2, 0.25) is 0 Å². The summed E-state index contributed by atoms with van der Waals surface area (Å²) in [5.41, 5.74) is 2.46. The summed E-state index contributed by atoms with van der Waals surface area (Å²) in [6.07, 6.45) is 2.93. The number of ketones is 1. The lowest BCUT2D eigenvalue weighted by Crippen LogP contribution is -2.14. The van der Waals surface area contributed by atoms with Crippen molar-refractivity contribution < 1.29 is 19.1 Å². The summed E-state index contributed by atoms with van der Waals surface area (Å²) in [7, 11) is 1.51. The minimum Gasteiger partial charge on any atom is -0.507 e. The van der Waals surface area contributed by atoms with Crippen LogP contribution in [0.5, 0.6) is 11.5 Å². The normalized spacial score (nSPS) is 11.9. The number of hydrogen-bond acceptors (Lipinski definition) is 5. The van der Waals surface area contributed by atoms with Crippen molar-refractivity contribution in [1.82, 2.24) is 0 Å². The van der Waals surface area contributed by atoms with E-state index in [0.717, 1.165) is 11.1 Å². The van der Waals surface area contributed by atoms with Gasteiger partial charge >= 0.3 is 5.63 Å². The van der Waals surface area contributed by atoms with Crippen molar-refractivity contribution in [2.24, 2.45) is 5.92 Å². The summed E-state index contributed by atoms with van der Waals surface area (Å²) in [6.45, 7) is 7.63. The van der Waals surface area contributed by atoms with Crippen molar-refractivity contribution in [2.45, 2.75) is 40.5 Å². The number of hydrogen-bond donors (Lipinski definition) is 1. The first-order valence-electron chi connectivity index (χ1n) is 10.4. The van der Waals surface area contributed by atoms with Crippen LogP contribution >= 0.6 is 0 Å². The van der Waals surface area contributed by atoms with E-state index in [-0.39, 0.29) is 28.6 Å². The first kappa shape index (κ1) is 22.3. The van der Waals surface area contributed by atoms with Crippen LogP contribution in [0.15, 0.2) is 57.3 Å².